The summed E-state index contributed by atoms with van der Waals surface area (Å²) >= 11 is 0. The van der Waals surface area contributed by atoms with Crippen LogP contribution in [0.2, 0.25) is 0 Å². The highest BCUT2D eigenvalue weighted by atomic mass is 32.2. The summed E-state index contributed by atoms with van der Waals surface area (Å²) in [4.78, 5) is 29.8. The molecule has 1 aromatic heterocycles. The minimum atomic E-state index is -3.54. The van der Waals surface area contributed by atoms with Gasteiger partial charge in [0.1, 0.15) is 6.26 Å². The van der Waals surface area contributed by atoms with Crippen molar-refractivity contribution < 1.29 is 22.4 Å². The summed E-state index contributed by atoms with van der Waals surface area (Å²) < 4.78 is 32.3. The van der Waals surface area contributed by atoms with Gasteiger partial charge >= 0.3 is 0 Å². The minimum absolute atomic E-state index is 0.0608. The Hall–Kier alpha value is -2.65. The number of nitrogens with zero attached hydrogens (tertiary/aromatic N) is 3. The Balaban J connectivity index is 1.47. The van der Waals surface area contributed by atoms with Gasteiger partial charge in [-0.25, -0.2) is 8.42 Å². The minimum Gasteiger partial charge on any atom is -0.472 e. The second-order valence-electron chi connectivity index (χ2n) is 8.55. The van der Waals surface area contributed by atoms with Gasteiger partial charge in [0.2, 0.25) is 15.9 Å². The number of hydrogen-bond donors (Lipinski definition) is 0. The lowest BCUT2D eigenvalue weighted by atomic mass is 9.93. The lowest BCUT2D eigenvalue weighted by molar-refractivity contribution is -0.123. The number of amides is 2. The normalized spacial score (nSPS) is 17.3. The van der Waals surface area contributed by atoms with Crippen molar-refractivity contribution in [2.75, 3.05) is 37.6 Å². The summed E-state index contributed by atoms with van der Waals surface area (Å²) in [6.07, 6.45) is 5.70. The van der Waals surface area contributed by atoms with Gasteiger partial charge in [-0.1, -0.05) is 13.8 Å². The van der Waals surface area contributed by atoms with E-state index in [1.54, 1.807) is 29.2 Å². The second kappa shape index (κ2) is 9.69. The van der Waals surface area contributed by atoms with E-state index < -0.39 is 10.0 Å². The number of sulfonamides is 1. The molecule has 0 spiro atoms. The molecular weight excluding hydrogens is 442 g/mol. The molecule has 4 rings (SSSR count). The number of carbonyl (C=O) groups excluding carboxylic acids is 2. The lowest BCUT2D eigenvalue weighted by Gasteiger charge is -2.36. The Morgan fingerprint density at radius 3 is 2.45 bits per heavy atom. The van der Waals surface area contributed by atoms with Gasteiger partial charge < -0.3 is 14.2 Å². The molecule has 8 nitrogen and oxygen atoms in total. The van der Waals surface area contributed by atoms with Gasteiger partial charge in [0.15, 0.2) is 0 Å². The highest BCUT2D eigenvalue weighted by Crippen LogP contribution is 2.33. The summed E-state index contributed by atoms with van der Waals surface area (Å²) in [5.41, 5.74) is 2.23. The first kappa shape index (κ1) is 23.5. The predicted octanol–water partition coefficient (Wildman–Crippen LogP) is 3.14. The number of rotatable bonds is 6. The largest absolute Gasteiger partial charge is 0.472 e. The average Bonchev–Trinajstić information content (AvgIpc) is 3.38. The third kappa shape index (κ3) is 4.56. The summed E-state index contributed by atoms with van der Waals surface area (Å²) in [5.74, 6) is -0.158. The van der Waals surface area contributed by atoms with Crippen molar-refractivity contribution in [3.63, 3.8) is 0 Å². The van der Waals surface area contributed by atoms with E-state index in [9.17, 15) is 18.0 Å². The van der Waals surface area contributed by atoms with Crippen molar-refractivity contribution in [2.45, 2.75) is 44.4 Å². The molecule has 0 bridgehead atoms. The number of carbonyl (C=O) groups is 2. The van der Waals surface area contributed by atoms with Crippen LogP contribution in [0.3, 0.4) is 0 Å². The Labute approximate surface area is 195 Å². The van der Waals surface area contributed by atoms with Crippen LogP contribution >= 0.6 is 0 Å². The van der Waals surface area contributed by atoms with Crippen LogP contribution in [0.1, 0.15) is 49.0 Å². The first-order valence-electron chi connectivity index (χ1n) is 11.6. The fraction of sp³-hybridized carbons (Fsp3) is 0.500. The van der Waals surface area contributed by atoms with Crippen LogP contribution in [-0.2, 0) is 21.2 Å². The molecule has 33 heavy (non-hydrogen) atoms. The Kier molecular flexibility index (Phi) is 6.90. The van der Waals surface area contributed by atoms with Crippen LogP contribution in [0.4, 0.5) is 5.69 Å². The van der Waals surface area contributed by atoms with Gasteiger partial charge in [-0.05, 0) is 55.5 Å². The molecule has 2 amide bonds. The molecule has 0 saturated carbocycles. The van der Waals surface area contributed by atoms with Gasteiger partial charge in [-0.3, -0.25) is 9.59 Å². The third-order valence-electron chi connectivity index (χ3n) is 6.68. The van der Waals surface area contributed by atoms with E-state index in [0.29, 0.717) is 51.1 Å². The molecule has 0 atom stereocenters. The maximum Gasteiger partial charge on any atom is 0.257 e. The predicted molar refractivity (Wildman–Crippen MR) is 125 cm³/mol. The molecule has 1 fully saturated rings. The average molecular weight is 474 g/mol. The van der Waals surface area contributed by atoms with Crippen molar-refractivity contribution >= 4 is 27.5 Å². The smallest absolute Gasteiger partial charge is 0.257 e. The number of aryl methyl sites for hydroxylation is 1. The van der Waals surface area contributed by atoms with Crippen molar-refractivity contribution in [1.82, 2.24) is 9.21 Å². The molecule has 0 aliphatic carbocycles. The molecule has 2 aromatic rings. The van der Waals surface area contributed by atoms with E-state index in [-0.39, 0.29) is 22.6 Å². The van der Waals surface area contributed by atoms with E-state index in [0.717, 1.165) is 24.1 Å². The summed E-state index contributed by atoms with van der Waals surface area (Å²) in [7, 11) is -3.54. The van der Waals surface area contributed by atoms with Crippen molar-refractivity contribution in [3.8, 4) is 0 Å². The number of benzene rings is 1. The molecule has 0 N–H and O–H groups in total. The zero-order valence-electron chi connectivity index (χ0n) is 19.2. The van der Waals surface area contributed by atoms with Crippen LogP contribution in [0.5, 0.6) is 0 Å². The van der Waals surface area contributed by atoms with Gasteiger partial charge in [-0.15, -0.1) is 0 Å². The fourth-order valence-corrected chi connectivity index (χ4v) is 6.30. The molecule has 0 radical (unpaired) electrons. The SMILES string of the molecule is CCN(CC)S(=O)(=O)c1ccc2c(c1)CCCN2C(=O)C1CCN(C(=O)c2ccoc2)CC1. The molecule has 2 aliphatic rings. The van der Waals surface area contributed by atoms with E-state index in [2.05, 4.69) is 0 Å². The van der Waals surface area contributed by atoms with Crippen LogP contribution in [0.15, 0.2) is 46.1 Å². The highest BCUT2D eigenvalue weighted by molar-refractivity contribution is 7.89. The number of fused-ring (bicyclic) bond motifs is 1. The van der Waals surface area contributed by atoms with Crippen LogP contribution < -0.4 is 4.90 Å². The fourth-order valence-electron chi connectivity index (χ4n) is 4.79. The summed E-state index contributed by atoms with van der Waals surface area (Å²) in [6.45, 7) is 6.18. The second-order valence-corrected chi connectivity index (χ2v) is 10.5. The number of anilines is 1. The summed E-state index contributed by atoms with van der Waals surface area (Å²) in [5, 5.41) is 0. The zero-order chi connectivity index (χ0) is 23.6. The molecule has 1 saturated heterocycles. The number of likely N-dealkylation sites (tertiary alicyclic amines) is 1. The number of piperidine rings is 1. The maximum absolute atomic E-state index is 13.4. The molecular formula is C24H31N3O5S. The van der Waals surface area contributed by atoms with Gasteiger partial charge in [0.25, 0.3) is 5.91 Å². The Morgan fingerprint density at radius 2 is 1.82 bits per heavy atom. The Bertz CT molecular complexity index is 1100. The van der Waals surface area contributed by atoms with Crippen LogP contribution in [0, 0.1) is 5.92 Å². The standard InChI is InChI=1S/C24H31N3O5S/c1-3-26(4-2)33(30,31)21-7-8-22-19(16-21)6-5-12-27(22)24(29)18-9-13-25(14-10-18)23(28)20-11-15-32-17-20/h7-8,11,15-18H,3-6,9-10,12-14H2,1-2H3. The van der Waals surface area contributed by atoms with E-state index >= 15 is 0 Å². The van der Waals surface area contributed by atoms with Crippen LogP contribution in [0.25, 0.3) is 0 Å². The molecule has 0 unspecified atom stereocenters. The summed E-state index contributed by atoms with van der Waals surface area (Å²) in [6, 6.07) is 6.78. The monoisotopic (exact) mass is 473 g/mol. The number of hydrogen-bond acceptors (Lipinski definition) is 5. The van der Waals surface area contributed by atoms with E-state index in [4.69, 9.17) is 4.42 Å². The maximum atomic E-state index is 13.4. The first-order chi connectivity index (χ1) is 15.9. The lowest BCUT2D eigenvalue weighted by Crippen LogP contribution is -2.45. The van der Waals surface area contributed by atoms with E-state index in [1.807, 2.05) is 18.7 Å². The molecule has 1 aromatic carbocycles. The number of furan rings is 1. The van der Waals surface area contributed by atoms with E-state index in [1.165, 1.54) is 16.8 Å². The van der Waals surface area contributed by atoms with Gasteiger partial charge in [0, 0.05) is 44.3 Å². The first-order valence-corrected chi connectivity index (χ1v) is 13.1. The van der Waals surface area contributed by atoms with Gasteiger partial charge in [0.05, 0.1) is 16.7 Å². The molecule has 178 valence electrons. The van der Waals surface area contributed by atoms with Crippen LogP contribution in [-0.4, -0.2) is 62.2 Å². The molecule has 3 heterocycles. The van der Waals surface area contributed by atoms with Crippen molar-refractivity contribution in [1.29, 1.82) is 0 Å². The van der Waals surface area contributed by atoms with Gasteiger partial charge in [-0.2, -0.15) is 4.31 Å². The zero-order valence-corrected chi connectivity index (χ0v) is 20.0. The third-order valence-corrected chi connectivity index (χ3v) is 8.72. The Morgan fingerprint density at radius 1 is 1.09 bits per heavy atom. The topological polar surface area (TPSA) is 91.1 Å². The highest BCUT2D eigenvalue weighted by Gasteiger charge is 2.33. The quantitative estimate of drug-likeness (QED) is 0.643. The molecule has 2 aliphatic heterocycles. The van der Waals surface area contributed by atoms with Crippen molar-refractivity contribution in [3.05, 3.63) is 47.9 Å². The molecule has 9 heteroatoms. The van der Waals surface area contributed by atoms with Crippen molar-refractivity contribution in [2.24, 2.45) is 5.92 Å².